The highest BCUT2D eigenvalue weighted by Gasteiger charge is 2.20. The molecule has 3 rings (SSSR count). The van der Waals surface area contributed by atoms with Gasteiger partial charge in [-0.05, 0) is 23.8 Å². The van der Waals surface area contributed by atoms with E-state index in [0.29, 0.717) is 17.5 Å². The third-order valence-corrected chi connectivity index (χ3v) is 3.65. The van der Waals surface area contributed by atoms with Gasteiger partial charge in [0.25, 0.3) is 0 Å². The number of ether oxygens (including phenoxy) is 1. The Morgan fingerprint density at radius 3 is 2.91 bits per heavy atom. The number of hydrogen-bond acceptors (Lipinski definition) is 6. The molecule has 0 bridgehead atoms. The van der Waals surface area contributed by atoms with Crippen LogP contribution in [0.3, 0.4) is 0 Å². The van der Waals surface area contributed by atoms with Crippen molar-refractivity contribution in [3.8, 4) is 11.8 Å². The fraction of sp³-hybridized carbons (Fsp3) is 0.294. The first-order valence-corrected chi connectivity index (χ1v) is 7.49. The van der Waals surface area contributed by atoms with Crippen molar-refractivity contribution in [2.75, 3.05) is 38.2 Å². The van der Waals surface area contributed by atoms with Crippen molar-refractivity contribution >= 4 is 18.0 Å². The van der Waals surface area contributed by atoms with Crippen LogP contribution in [-0.2, 0) is 0 Å². The molecule has 1 aromatic heterocycles. The number of benzene rings is 1. The third-order valence-electron chi connectivity index (χ3n) is 3.65. The van der Waals surface area contributed by atoms with Gasteiger partial charge in [0.05, 0.1) is 7.11 Å². The van der Waals surface area contributed by atoms with Crippen LogP contribution in [0, 0.1) is 11.3 Å². The summed E-state index contributed by atoms with van der Waals surface area (Å²) in [7, 11) is 1.63. The molecule has 0 spiro atoms. The summed E-state index contributed by atoms with van der Waals surface area (Å²) in [5.74, 6) is 1.77. The first kappa shape index (κ1) is 15.1. The fourth-order valence-corrected chi connectivity index (χ4v) is 2.47. The molecule has 1 aromatic carbocycles. The van der Waals surface area contributed by atoms with Gasteiger partial charge < -0.3 is 19.4 Å². The van der Waals surface area contributed by atoms with Gasteiger partial charge in [0.1, 0.15) is 11.8 Å². The van der Waals surface area contributed by atoms with Gasteiger partial charge in [-0.1, -0.05) is 12.1 Å². The number of anilines is 1. The van der Waals surface area contributed by atoms with Crippen LogP contribution in [0.5, 0.6) is 5.75 Å². The Bertz CT molecular complexity index is 739. The van der Waals surface area contributed by atoms with Crippen LogP contribution >= 0.6 is 0 Å². The highest BCUT2D eigenvalue weighted by atomic mass is 16.5. The molecule has 0 unspecified atom stereocenters. The minimum Gasteiger partial charge on any atom is -0.497 e. The Morgan fingerprint density at radius 2 is 2.17 bits per heavy atom. The fourth-order valence-electron chi connectivity index (χ4n) is 2.47. The Balaban J connectivity index is 1.81. The number of aromatic nitrogens is 1. The number of nitrogens with zero attached hydrogens (tertiary/aromatic N) is 3. The predicted octanol–water partition coefficient (Wildman–Crippen LogP) is 2.13. The van der Waals surface area contributed by atoms with E-state index in [1.165, 1.54) is 0 Å². The second kappa shape index (κ2) is 6.99. The van der Waals surface area contributed by atoms with E-state index in [9.17, 15) is 5.26 Å². The van der Waals surface area contributed by atoms with Crippen molar-refractivity contribution in [3.05, 3.63) is 41.4 Å². The number of hydrogen-bond donors (Lipinski definition) is 1. The van der Waals surface area contributed by atoms with Gasteiger partial charge in [-0.25, -0.2) is 0 Å². The zero-order chi connectivity index (χ0) is 16.1. The lowest BCUT2D eigenvalue weighted by atomic mass is 10.2. The normalized spacial score (nSPS) is 14.9. The van der Waals surface area contributed by atoms with Crippen LogP contribution in [0.4, 0.5) is 5.88 Å². The summed E-state index contributed by atoms with van der Waals surface area (Å²) in [6, 6.07) is 9.80. The molecule has 0 radical (unpaired) electrons. The summed E-state index contributed by atoms with van der Waals surface area (Å²) in [6.45, 7) is 3.37. The third kappa shape index (κ3) is 3.52. The lowest BCUT2D eigenvalue weighted by molar-refractivity contribution is 0.414. The van der Waals surface area contributed by atoms with Gasteiger partial charge >= 0.3 is 0 Å². The van der Waals surface area contributed by atoms with E-state index in [1.54, 1.807) is 13.2 Å². The van der Waals surface area contributed by atoms with E-state index in [0.717, 1.165) is 37.5 Å². The molecular weight excluding hydrogens is 292 g/mol. The second-order valence-electron chi connectivity index (χ2n) is 5.16. The van der Waals surface area contributed by atoms with Gasteiger partial charge in [-0.2, -0.15) is 10.2 Å². The zero-order valence-corrected chi connectivity index (χ0v) is 13.0. The Kier molecular flexibility index (Phi) is 4.60. The van der Waals surface area contributed by atoms with Crippen LogP contribution in [0.2, 0.25) is 0 Å². The minimum atomic E-state index is 0.331. The minimum absolute atomic E-state index is 0.331. The maximum absolute atomic E-state index is 9.26. The largest absolute Gasteiger partial charge is 0.497 e. The van der Waals surface area contributed by atoms with Crippen molar-refractivity contribution in [2.24, 2.45) is 0 Å². The molecular formula is C17H18N4O2. The van der Waals surface area contributed by atoms with Crippen molar-refractivity contribution in [2.45, 2.75) is 0 Å². The molecule has 2 aromatic rings. The number of methoxy groups -OCH3 is 1. The van der Waals surface area contributed by atoms with Crippen LogP contribution in [0.1, 0.15) is 17.1 Å². The molecule has 0 aliphatic carbocycles. The quantitative estimate of drug-likeness (QED) is 0.932. The molecule has 23 heavy (non-hydrogen) atoms. The molecule has 1 aliphatic heterocycles. The predicted molar refractivity (Wildman–Crippen MR) is 88.2 cm³/mol. The van der Waals surface area contributed by atoms with Crippen molar-refractivity contribution in [1.29, 1.82) is 5.26 Å². The van der Waals surface area contributed by atoms with Crippen LogP contribution in [-0.4, -0.2) is 38.3 Å². The Morgan fingerprint density at radius 1 is 1.35 bits per heavy atom. The summed E-state index contributed by atoms with van der Waals surface area (Å²) < 4.78 is 11.0. The molecule has 2 heterocycles. The monoisotopic (exact) mass is 310 g/mol. The number of nitrogens with one attached hydrogen (secondary N) is 1. The number of nitriles is 1. The average Bonchev–Trinajstić information content (AvgIpc) is 3.04. The zero-order valence-electron chi connectivity index (χ0n) is 13.0. The number of piperazine rings is 1. The standard InChI is InChI=1S/C17H18N4O2/c1-22-14-4-2-3-13(11-14)5-6-16-20-15(12-18)17(23-16)21-9-7-19-8-10-21/h2-6,11,19H,7-10H2,1H3/b6-5+. The maximum Gasteiger partial charge on any atom is 0.235 e. The molecule has 6 nitrogen and oxygen atoms in total. The van der Waals surface area contributed by atoms with E-state index in [1.807, 2.05) is 35.2 Å². The van der Waals surface area contributed by atoms with Gasteiger partial charge in [0.2, 0.25) is 17.5 Å². The van der Waals surface area contributed by atoms with E-state index >= 15 is 0 Å². The number of rotatable bonds is 4. The molecule has 0 amide bonds. The summed E-state index contributed by atoms with van der Waals surface area (Å²) in [4.78, 5) is 6.30. The molecule has 0 saturated carbocycles. The van der Waals surface area contributed by atoms with Crippen LogP contribution < -0.4 is 15.0 Å². The Hall–Kier alpha value is -2.78. The molecule has 6 heteroatoms. The topological polar surface area (TPSA) is 74.3 Å². The highest BCUT2D eigenvalue weighted by molar-refractivity contribution is 5.68. The average molecular weight is 310 g/mol. The van der Waals surface area contributed by atoms with Crippen molar-refractivity contribution in [1.82, 2.24) is 10.3 Å². The van der Waals surface area contributed by atoms with E-state index < -0.39 is 0 Å². The Labute approximate surface area is 135 Å². The second-order valence-corrected chi connectivity index (χ2v) is 5.16. The summed E-state index contributed by atoms with van der Waals surface area (Å²) in [5.41, 5.74) is 1.31. The molecule has 0 atom stereocenters. The smallest absolute Gasteiger partial charge is 0.235 e. The van der Waals surface area contributed by atoms with Crippen LogP contribution in [0.15, 0.2) is 28.7 Å². The van der Waals surface area contributed by atoms with Gasteiger partial charge in [-0.3, -0.25) is 0 Å². The number of oxazole rings is 1. The van der Waals surface area contributed by atoms with Crippen molar-refractivity contribution in [3.63, 3.8) is 0 Å². The van der Waals surface area contributed by atoms with E-state index in [2.05, 4.69) is 16.4 Å². The van der Waals surface area contributed by atoms with E-state index in [4.69, 9.17) is 9.15 Å². The molecule has 118 valence electrons. The van der Waals surface area contributed by atoms with Gasteiger partial charge in [0.15, 0.2) is 0 Å². The lowest BCUT2D eigenvalue weighted by Gasteiger charge is -2.26. The van der Waals surface area contributed by atoms with E-state index in [-0.39, 0.29) is 0 Å². The maximum atomic E-state index is 9.26. The van der Waals surface area contributed by atoms with Gasteiger partial charge in [-0.15, -0.1) is 0 Å². The summed E-state index contributed by atoms with van der Waals surface area (Å²) >= 11 is 0. The highest BCUT2D eigenvalue weighted by Crippen LogP contribution is 2.23. The van der Waals surface area contributed by atoms with Crippen LogP contribution in [0.25, 0.3) is 12.2 Å². The summed E-state index contributed by atoms with van der Waals surface area (Å²) in [6.07, 6.45) is 3.65. The van der Waals surface area contributed by atoms with Gasteiger partial charge in [0, 0.05) is 32.3 Å². The summed E-state index contributed by atoms with van der Waals surface area (Å²) in [5, 5.41) is 12.5. The SMILES string of the molecule is COc1cccc(/C=C/c2nc(C#N)c(N3CCNCC3)o2)c1. The first-order chi connectivity index (χ1) is 11.3. The first-order valence-electron chi connectivity index (χ1n) is 7.49. The molecule has 1 N–H and O–H groups in total. The molecule has 1 saturated heterocycles. The molecule has 1 aliphatic rings. The lowest BCUT2D eigenvalue weighted by Crippen LogP contribution is -2.43. The molecule has 1 fully saturated rings. The van der Waals surface area contributed by atoms with Crippen molar-refractivity contribution < 1.29 is 9.15 Å².